The quantitative estimate of drug-likeness (QED) is 0.917. The van der Waals surface area contributed by atoms with E-state index in [4.69, 9.17) is 0 Å². The number of carbonyl (C=O) groups is 1. The third kappa shape index (κ3) is 2.28. The zero-order valence-electron chi connectivity index (χ0n) is 11.1. The highest BCUT2D eigenvalue weighted by atomic mass is 32.1. The first-order valence-electron chi connectivity index (χ1n) is 6.45. The van der Waals surface area contributed by atoms with Crippen molar-refractivity contribution in [1.29, 1.82) is 0 Å². The number of hydrogen-bond acceptors (Lipinski definition) is 4. The van der Waals surface area contributed by atoms with Crippen molar-refractivity contribution in [3.8, 4) is 0 Å². The van der Waals surface area contributed by atoms with Crippen LogP contribution in [0.5, 0.6) is 0 Å². The molecule has 1 amide bonds. The van der Waals surface area contributed by atoms with Crippen molar-refractivity contribution in [2.75, 3.05) is 5.32 Å². The van der Waals surface area contributed by atoms with E-state index >= 15 is 0 Å². The van der Waals surface area contributed by atoms with Crippen molar-refractivity contribution in [2.45, 2.75) is 39.7 Å². The molecule has 1 aliphatic heterocycles. The molecule has 3 heterocycles. The zero-order valence-corrected chi connectivity index (χ0v) is 11.9. The van der Waals surface area contributed by atoms with E-state index in [1.165, 1.54) is 4.88 Å². The van der Waals surface area contributed by atoms with Crippen molar-refractivity contribution < 1.29 is 4.79 Å². The number of fused-ring (bicyclic) bond motifs is 1. The van der Waals surface area contributed by atoms with Gasteiger partial charge < -0.3 is 0 Å². The lowest BCUT2D eigenvalue weighted by Crippen LogP contribution is -2.14. The van der Waals surface area contributed by atoms with Crippen LogP contribution in [0.2, 0.25) is 0 Å². The van der Waals surface area contributed by atoms with E-state index in [1.807, 2.05) is 23.9 Å². The van der Waals surface area contributed by atoms with Gasteiger partial charge in [0.15, 0.2) is 0 Å². The summed E-state index contributed by atoms with van der Waals surface area (Å²) < 4.78 is 1.89. The molecule has 0 atom stereocenters. The summed E-state index contributed by atoms with van der Waals surface area (Å²) in [5.74, 6) is 1.27. The Kier molecular flexibility index (Phi) is 3.10. The average molecular weight is 276 g/mol. The molecule has 0 spiro atoms. The molecule has 6 heteroatoms. The van der Waals surface area contributed by atoms with Gasteiger partial charge in [0.25, 0.3) is 5.91 Å². The van der Waals surface area contributed by atoms with Gasteiger partial charge in [-0.2, -0.15) is 4.98 Å². The van der Waals surface area contributed by atoms with E-state index in [0.29, 0.717) is 5.95 Å². The summed E-state index contributed by atoms with van der Waals surface area (Å²) in [5.41, 5.74) is 1.75. The molecule has 0 saturated carbocycles. The van der Waals surface area contributed by atoms with Crippen molar-refractivity contribution >= 4 is 23.2 Å². The molecule has 3 rings (SSSR count). The number of aromatic nitrogens is 3. The Labute approximate surface area is 115 Å². The third-order valence-electron chi connectivity index (χ3n) is 3.52. The number of aryl methyl sites for hydroxylation is 3. The van der Waals surface area contributed by atoms with Gasteiger partial charge in [0, 0.05) is 23.2 Å². The highest BCUT2D eigenvalue weighted by molar-refractivity contribution is 7.10. The Hall–Kier alpha value is -1.69. The molecule has 1 aliphatic rings. The van der Waals surface area contributed by atoms with Gasteiger partial charge in [0.1, 0.15) is 5.82 Å². The molecule has 2 aromatic heterocycles. The summed E-state index contributed by atoms with van der Waals surface area (Å²) in [6.07, 6.45) is 3.22. The number of nitrogens with zero attached hydrogens (tertiary/aromatic N) is 3. The molecule has 0 saturated heterocycles. The van der Waals surface area contributed by atoms with E-state index in [1.54, 1.807) is 11.3 Å². The first kappa shape index (κ1) is 12.3. The van der Waals surface area contributed by atoms with E-state index in [9.17, 15) is 4.79 Å². The normalized spacial score (nSPS) is 14.2. The fourth-order valence-electron chi connectivity index (χ4n) is 2.24. The zero-order chi connectivity index (χ0) is 13.4. The minimum atomic E-state index is -0.121. The van der Waals surface area contributed by atoms with Gasteiger partial charge in [-0.25, -0.2) is 4.68 Å². The molecule has 0 unspecified atom stereocenters. The topological polar surface area (TPSA) is 59.8 Å². The van der Waals surface area contributed by atoms with Crippen LogP contribution in [0, 0.1) is 13.8 Å². The van der Waals surface area contributed by atoms with E-state index in [2.05, 4.69) is 15.4 Å². The summed E-state index contributed by atoms with van der Waals surface area (Å²) in [6.45, 7) is 4.88. The molecule has 0 radical (unpaired) electrons. The van der Waals surface area contributed by atoms with Crippen LogP contribution in [-0.2, 0) is 13.0 Å². The van der Waals surface area contributed by atoms with Gasteiger partial charge >= 0.3 is 0 Å². The lowest BCUT2D eigenvalue weighted by atomic mass is 10.2. The van der Waals surface area contributed by atoms with Crippen molar-refractivity contribution in [3.05, 3.63) is 27.2 Å². The number of anilines is 1. The average Bonchev–Trinajstić information content (AvgIpc) is 2.93. The first-order chi connectivity index (χ1) is 9.15. The summed E-state index contributed by atoms with van der Waals surface area (Å²) in [4.78, 5) is 17.7. The smallest absolute Gasteiger partial charge is 0.259 e. The second-order valence-corrected chi connectivity index (χ2v) is 5.90. The van der Waals surface area contributed by atoms with Gasteiger partial charge in [0.05, 0.1) is 5.56 Å². The second kappa shape index (κ2) is 4.77. The minimum Gasteiger partial charge on any atom is -0.289 e. The standard InChI is InChI=1S/C13H16N4OS/c1-8-9(2)19-7-10(8)12(18)15-13-14-11-5-3-4-6-17(11)16-13/h7H,3-6H2,1-2H3,(H,15,16,18). The van der Waals surface area contributed by atoms with Gasteiger partial charge in [-0.1, -0.05) is 0 Å². The molecule has 2 aromatic rings. The van der Waals surface area contributed by atoms with Crippen LogP contribution >= 0.6 is 11.3 Å². The molecule has 19 heavy (non-hydrogen) atoms. The molecule has 0 aromatic carbocycles. The number of carbonyl (C=O) groups excluding carboxylic acids is 1. The number of rotatable bonds is 2. The maximum atomic E-state index is 12.2. The van der Waals surface area contributed by atoms with Crippen LogP contribution in [0.25, 0.3) is 0 Å². The Morgan fingerprint density at radius 3 is 2.95 bits per heavy atom. The van der Waals surface area contributed by atoms with Gasteiger partial charge in [-0.15, -0.1) is 16.4 Å². The van der Waals surface area contributed by atoms with E-state index < -0.39 is 0 Å². The highest BCUT2D eigenvalue weighted by Gasteiger charge is 2.17. The monoisotopic (exact) mass is 276 g/mol. The molecule has 0 bridgehead atoms. The van der Waals surface area contributed by atoms with Crippen LogP contribution in [0.1, 0.15) is 39.5 Å². The lowest BCUT2D eigenvalue weighted by molar-refractivity contribution is 0.102. The maximum Gasteiger partial charge on any atom is 0.259 e. The Morgan fingerprint density at radius 2 is 2.26 bits per heavy atom. The van der Waals surface area contributed by atoms with E-state index in [0.717, 1.165) is 42.8 Å². The van der Waals surface area contributed by atoms with E-state index in [-0.39, 0.29) is 5.91 Å². The second-order valence-electron chi connectivity index (χ2n) is 4.82. The van der Waals surface area contributed by atoms with Gasteiger partial charge in [-0.3, -0.25) is 10.1 Å². The first-order valence-corrected chi connectivity index (χ1v) is 7.33. The Morgan fingerprint density at radius 1 is 1.42 bits per heavy atom. The molecular formula is C13H16N4OS. The van der Waals surface area contributed by atoms with Crippen LogP contribution in [0.3, 0.4) is 0 Å². The van der Waals surface area contributed by atoms with Crippen LogP contribution in [-0.4, -0.2) is 20.7 Å². The molecule has 1 N–H and O–H groups in total. The van der Waals surface area contributed by atoms with Crippen LogP contribution in [0.15, 0.2) is 5.38 Å². The number of nitrogens with one attached hydrogen (secondary N) is 1. The lowest BCUT2D eigenvalue weighted by Gasteiger charge is -2.09. The predicted molar refractivity (Wildman–Crippen MR) is 74.7 cm³/mol. The molecule has 5 nitrogen and oxygen atoms in total. The van der Waals surface area contributed by atoms with Gasteiger partial charge in [-0.05, 0) is 32.3 Å². The van der Waals surface area contributed by atoms with Crippen molar-refractivity contribution in [3.63, 3.8) is 0 Å². The summed E-state index contributed by atoms with van der Waals surface area (Å²) >= 11 is 1.59. The largest absolute Gasteiger partial charge is 0.289 e. The minimum absolute atomic E-state index is 0.121. The van der Waals surface area contributed by atoms with Gasteiger partial charge in [0.2, 0.25) is 5.95 Å². The highest BCUT2D eigenvalue weighted by Crippen LogP contribution is 2.21. The van der Waals surface area contributed by atoms with Crippen molar-refractivity contribution in [2.24, 2.45) is 0 Å². The molecule has 100 valence electrons. The Bertz CT molecular complexity index is 605. The SMILES string of the molecule is Cc1scc(C(=O)Nc2nc3n(n2)CCCC3)c1C. The number of amides is 1. The number of hydrogen-bond donors (Lipinski definition) is 1. The van der Waals surface area contributed by atoms with Crippen LogP contribution < -0.4 is 5.32 Å². The van der Waals surface area contributed by atoms with Crippen molar-refractivity contribution in [1.82, 2.24) is 14.8 Å². The molecular weight excluding hydrogens is 260 g/mol. The Balaban J connectivity index is 1.79. The van der Waals surface area contributed by atoms with Crippen LogP contribution in [0.4, 0.5) is 5.95 Å². The summed E-state index contributed by atoms with van der Waals surface area (Å²) in [5, 5.41) is 9.01. The molecule has 0 fully saturated rings. The fourth-order valence-corrected chi connectivity index (χ4v) is 3.11. The summed E-state index contributed by atoms with van der Waals surface area (Å²) in [7, 11) is 0. The fraction of sp³-hybridized carbons (Fsp3) is 0.462. The molecule has 0 aliphatic carbocycles. The third-order valence-corrected chi connectivity index (χ3v) is 4.54. The number of thiophene rings is 1. The predicted octanol–water partition coefficient (Wildman–Crippen LogP) is 2.55. The summed E-state index contributed by atoms with van der Waals surface area (Å²) in [6, 6.07) is 0. The maximum absolute atomic E-state index is 12.2.